The van der Waals surface area contributed by atoms with Crippen molar-refractivity contribution in [1.29, 1.82) is 0 Å². The fourth-order valence-corrected chi connectivity index (χ4v) is 1.51. The van der Waals surface area contributed by atoms with Gasteiger partial charge in [0.25, 0.3) is 0 Å². The zero-order valence-electron chi connectivity index (χ0n) is 9.18. The van der Waals surface area contributed by atoms with Crippen LogP contribution in [0.15, 0.2) is 48.5 Å². The van der Waals surface area contributed by atoms with Gasteiger partial charge < -0.3 is 9.84 Å². The van der Waals surface area contributed by atoms with Gasteiger partial charge in [0.1, 0.15) is 6.61 Å². The second-order valence-electron chi connectivity index (χ2n) is 3.68. The van der Waals surface area contributed by atoms with Crippen LogP contribution in [0.1, 0.15) is 11.1 Å². The number of phenolic OH excluding ortho intramolecular Hbond substituents is 1. The Bertz CT molecular complexity index is 432. The van der Waals surface area contributed by atoms with Crippen molar-refractivity contribution in [2.45, 2.75) is 13.5 Å². The number of benzene rings is 2. The molecular formula is C14H14O2. The third-order valence-electron chi connectivity index (χ3n) is 2.51. The molecule has 0 aliphatic rings. The van der Waals surface area contributed by atoms with Crippen LogP contribution in [0.3, 0.4) is 0 Å². The number of hydrogen-bond donors (Lipinski definition) is 1. The van der Waals surface area contributed by atoms with Gasteiger partial charge in [-0.2, -0.15) is 0 Å². The van der Waals surface area contributed by atoms with Crippen LogP contribution in [0.2, 0.25) is 0 Å². The molecule has 2 aromatic carbocycles. The minimum Gasteiger partial charge on any atom is -0.504 e. The van der Waals surface area contributed by atoms with Crippen molar-refractivity contribution in [3.8, 4) is 11.5 Å². The Kier molecular flexibility index (Phi) is 3.10. The molecule has 0 atom stereocenters. The summed E-state index contributed by atoms with van der Waals surface area (Å²) < 4.78 is 5.55. The third kappa shape index (κ3) is 2.34. The lowest BCUT2D eigenvalue weighted by Gasteiger charge is -2.09. The van der Waals surface area contributed by atoms with Gasteiger partial charge >= 0.3 is 0 Å². The summed E-state index contributed by atoms with van der Waals surface area (Å²) in [5, 5.41) is 9.53. The molecule has 0 aromatic heterocycles. The van der Waals surface area contributed by atoms with Gasteiger partial charge in [-0.25, -0.2) is 0 Å². The predicted octanol–water partition coefficient (Wildman–Crippen LogP) is 3.28. The van der Waals surface area contributed by atoms with E-state index in [1.807, 2.05) is 37.3 Å². The Labute approximate surface area is 95.1 Å². The first-order chi connectivity index (χ1) is 7.77. The molecule has 0 heterocycles. The summed E-state index contributed by atoms with van der Waals surface area (Å²) in [6, 6.07) is 15.0. The van der Waals surface area contributed by atoms with E-state index in [1.54, 1.807) is 18.2 Å². The minimum absolute atomic E-state index is 0.177. The Morgan fingerprint density at radius 1 is 1.00 bits per heavy atom. The van der Waals surface area contributed by atoms with E-state index in [1.165, 1.54) is 5.56 Å². The molecule has 2 rings (SSSR count). The molecule has 16 heavy (non-hydrogen) atoms. The zero-order chi connectivity index (χ0) is 11.4. The van der Waals surface area contributed by atoms with Crippen LogP contribution >= 0.6 is 0 Å². The summed E-state index contributed by atoms with van der Waals surface area (Å²) >= 11 is 0. The summed E-state index contributed by atoms with van der Waals surface area (Å²) in [4.78, 5) is 0. The van der Waals surface area contributed by atoms with Crippen LogP contribution in [0.4, 0.5) is 0 Å². The summed E-state index contributed by atoms with van der Waals surface area (Å²) in [6.07, 6.45) is 0. The van der Waals surface area contributed by atoms with Crippen LogP contribution in [0.5, 0.6) is 11.5 Å². The highest BCUT2D eigenvalue weighted by molar-refractivity contribution is 5.38. The number of aryl methyl sites for hydroxylation is 1. The average Bonchev–Trinajstić information content (AvgIpc) is 2.30. The Hall–Kier alpha value is -1.96. The van der Waals surface area contributed by atoms with Crippen molar-refractivity contribution in [3.05, 3.63) is 59.7 Å². The molecule has 0 spiro atoms. The summed E-state index contributed by atoms with van der Waals surface area (Å²) in [5.74, 6) is 0.696. The first-order valence-corrected chi connectivity index (χ1v) is 5.22. The van der Waals surface area contributed by atoms with Gasteiger partial charge in [-0.1, -0.05) is 36.4 Å². The van der Waals surface area contributed by atoms with Gasteiger partial charge in [0.2, 0.25) is 0 Å². The first-order valence-electron chi connectivity index (χ1n) is 5.22. The van der Waals surface area contributed by atoms with E-state index in [9.17, 15) is 5.11 Å². The van der Waals surface area contributed by atoms with Crippen molar-refractivity contribution < 1.29 is 9.84 Å². The summed E-state index contributed by atoms with van der Waals surface area (Å²) in [7, 11) is 0. The molecule has 2 nitrogen and oxygen atoms in total. The van der Waals surface area contributed by atoms with Crippen molar-refractivity contribution in [2.24, 2.45) is 0 Å². The number of rotatable bonds is 3. The molecule has 82 valence electrons. The zero-order valence-corrected chi connectivity index (χ0v) is 9.18. The molecule has 0 amide bonds. The lowest BCUT2D eigenvalue weighted by Crippen LogP contribution is -1.97. The van der Waals surface area contributed by atoms with E-state index in [0.29, 0.717) is 12.4 Å². The van der Waals surface area contributed by atoms with Crippen LogP contribution < -0.4 is 4.74 Å². The van der Waals surface area contributed by atoms with Gasteiger partial charge in [-0.15, -0.1) is 0 Å². The van der Waals surface area contributed by atoms with Crippen molar-refractivity contribution in [3.63, 3.8) is 0 Å². The first kappa shape index (κ1) is 10.6. The Morgan fingerprint density at radius 3 is 2.44 bits per heavy atom. The lowest BCUT2D eigenvalue weighted by molar-refractivity contribution is 0.288. The molecule has 0 bridgehead atoms. The van der Waals surface area contributed by atoms with Gasteiger partial charge in [0, 0.05) is 0 Å². The predicted molar refractivity (Wildman–Crippen MR) is 63.6 cm³/mol. The SMILES string of the molecule is Cc1ccccc1COc1ccccc1O. The normalized spacial score (nSPS) is 10.1. The highest BCUT2D eigenvalue weighted by Crippen LogP contribution is 2.25. The molecule has 0 saturated heterocycles. The standard InChI is InChI=1S/C14H14O2/c1-11-6-2-3-7-12(11)10-16-14-9-5-4-8-13(14)15/h2-9,15H,10H2,1H3. The van der Waals surface area contributed by atoms with E-state index < -0.39 is 0 Å². The molecule has 0 unspecified atom stereocenters. The molecule has 0 saturated carbocycles. The quantitative estimate of drug-likeness (QED) is 0.849. The lowest BCUT2D eigenvalue weighted by atomic mass is 10.1. The van der Waals surface area contributed by atoms with E-state index >= 15 is 0 Å². The fourth-order valence-electron chi connectivity index (χ4n) is 1.51. The molecule has 1 N–H and O–H groups in total. The molecule has 0 aliphatic carbocycles. The maximum Gasteiger partial charge on any atom is 0.161 e. The van der Waals surface area contributed by atoms with Gasteiger partial charge in [0.05, 0.1) is 0 Å². The third-order valence-corrected chi connectivity index (χ3v) is 2.51. The van der Waals surface area contributed by atoms with Crippen LogP contribution in [0, 0.1) is 6.92 Å². The van der Waals surface area contributed by atoms with Gasteiger partial charge in [0.15, 0.2) is 11.5 Å². The average molecular weight is 214 g/mol. The number of hydrogen-bond acceptors (Lipinski definition) is 2. The second-order valence-corrected chi connectivity index (χ2v) is 3.68. The Morgan fingerprint density at radius 2 is 1.69 bits per heavy atom. The highest BCUT2D eigenvalue weighted by atomic mass is 16.5. The van der Waals surface area contributed by atoms with Crippen LogP contribution in [-0.2, 0) is 6.61 Å². The van der Waals surface area contributed by atoms with Gasteiger partial charge in [-0.3, -0.25) is 0 Å². The molecule has 2 heteroatoms. The maximum atomic E-state index is 9.53. The van der Waals surface area contributed by atoms with E-state index in [-0.39, 0.29) is 5.75 Å². The molecule has 0 aliphatic heterocycles. The molecular weight excluding hydrogens is 200 g/mol. The van der Waals surface area contributed by atoms with E-state index in [2.05, 4.69) is 0 Å². The summed E-state index contributed by atoms with van der Waals surface area (Å²) in [5.41, 5.74) is 2.32. The smallest absolute Gasteiger partial charge is 0.161 e. The Balaban J connectivity index is 2.09. The van der Waals surface area contributed by atoms with Crippen molar-refractivity contribution >= 4 is 0 Å². The topological polar surface area (TPSA) is 29.5 Å². The monoisotopic (exact) mass is 214 g/mol. The number of aromatic hydroxyl groups is 1. The number of ether oxygens (including phenoxy) is 1. The van der Waals surface area contributed by atoms with Gasteiger partial charge in [-0.05, 0) is 30.2 Å². The molecule has 0 fully saturated rings. The number of para-hydroxylation sites is 2. The molecule has 0 radical (unpaired) electrons. The molecule has 2 aromatic rings. The maximum absolute atomic E-state index is 9.53. The van der Waals surface area contributed by atoms with Crippen molar-refractivity contribution in [2.75, 3.05) is 0 Å². The van der Waals surface area contributed by atoms with Crippen LogP contribution in [0.25, 0.3) is 0 Å². The van der Waals surface area contributed by atoms with Crippen LogP contribution in [-0.4, -0.2) is 5.11 Å². The highest BCUT2D eigenvalue weighted by Gasteiger charge is 2.02. The van der Waals surface area contributed by atoms with E-state index in [4.69, 9.17) is 4.74 Å². The largest absolute Gasteiger partial charge is 0.504 e. The number of phenols is 1. The minimum atomic E-state index is 0.177. The fraction of sp³-hybridized carbons (Fsp3) is 0.143. The summed E-state index contributed by atoms with van der Waals surface area (Å²) in [6.45, 7) is 2.52. The second kappa shape index (κ2) is 4.71. The van der Waals surface area contributed by atoms with Crippen molar-refractivity contribution in [1.82, 2.24) is 0 Å². The van der Waals surface area contributed by atoms with E-state index in [0.717, 1.165) is 5.56 Å².